The zero-order valence-corrected chi connectivity index (χ0v) is 11.9. The minimum Gasteiger partial charge on any atom is -0.377 e. The van der Waals surface area contributed by atoms with Gasteiger partial charge in [-0.3, -0.25) is 0 Å². The van der Waals surface area contributed by atoms with Crippen molar-refractivity contribution in [1.29, 1.82) is 5.26 Å². The molecule has 2 heterocycles. The fourth-order valence-corrected chi connectivity index (χ4v) is 5.21. The van der Waals surface area contributed by atoms with Crippen LogP contribution in [0.25, 0.3) is 0 Å². The fraction of sp³-hybridized carbons (Fsp3) is 0.769. The normalized spacial score (nSPS) is 22.1. The van der Waals surface area contributed by atoms with Gasteiger partial charge in [-0.05, 0) is 43.6 Å². The van der Waals surface area contributed by atoms with Crippen LogP contribution in [0.1, 0.15) is 32.1 Å². The molecule has 0 saturated carbocycles. The number of hydrogen-bond donors (Lipinski definition) is 0. The first-order valence-electron chi connectivity index (χ1n) is 6.46. The summed E-state index contributed by atoms with van der Waals surface area (Å²) in [7, 11) is 0. The first-order chi connectivity index (χ1) is 8.38. The van der Waals surface area contributed by atoms with E-state index in [4.69, 9.17) is 5.26 Å². The van der Waals surface area contributed by atoms with Crippen LogP contribution < -0.4 is 0 Å². The summed E-state index contributed by atoms with van der Waals surface area (Å²) in [4.78, 5) is 2.33. The van der Waals surface area contributed by atoms with E-state index >= 15 is 0 Å². The number of thioether (sulfide) groups is 2. The molecular formula is C13H20N2S2. The van der Waals surface area contributed by atoms with Gasteiger partial charge < -0.3 is 4.90 Å². The second kappa shape index (κ2) is 7.23. The Morgan fingerprint density at radius 3 is 2.94 bits per heavy atom. The van der Waals surface area contributed by atoms with E-state index in [0.717, 1.165) is 36.1 Å². The lowest BCUT2D eigenvalue weighted by molar-refractivity contribution is 0.344. The van der Waals surface area contributed by atoms with Gasteiger partial charge in [0.05, 0.1) is 10.7 Å². The molecule has 0 unspecified atom stereocenters. The molecule has 94 valence electrons. The number of rotatable bonds is 4. The van der Waals surface area contributed by atoms with Crippen LogP contribution in [-0.4, -0.2) is 34.1 Å². The van der Waals surface area contributed by atoms with Crippen molar-refractivity contribution in [3.05, 3.63) is 11.8 Å². The van der Waals surface area contributed by atoms with E-state index in [-0.39, 0.29) is 0 Å². The minimum absolute atomic E-state index is 0.827. The summed E-state index contributed by atoms with van der Waals surface area (Å²) in [6.45, 7) is 2.26. The average Bonchev–Trinajstić information content (AvgIpc) is 2.40. The molecule has 1 fully saturated rings. The Kier molecular flexibility index (Phi) is 5.60. The molecule has 0 aliphatic carbocycles. The van der Waals surface area contributed by atoms with E-state index in [1.54, 1.807) is 0 Å². The summed E-state index contributed by atoms with van der Waals surface area (Å²) in [5, 5.41) is 8.89. The smallest absolute Gasteiger partial charge is 0.0962 e. The lowest BCUT2D eigenvalue weighted by Crippen LogP contribution is -2.24. The number of allylic oxidation sites excluding steroid dienone is 1. The molecular weight excluding hydrogens is 248 g/mol. The van der Waals surface area contributed by atoms with Crippen LogP contribution in [0.3, 0.4) is 0 Å². The molecule has 4 heteroatoms. The molecule has 0 amide bonds. The second-order valence-electron chi connectivity index (χ2n) is 4.57. The van der Waals surface area contributed by atoms with E-state index in [9.17, 15) is 0 Å². The third-order valence-electron chi connectivity index (χ3n) is 3.15. The highest BCUT2D eigenvalue weighted by molar-refractivity contribution is 8.17. The molecule has 0 atom stereocenters. The molecule has 0 spiro atoms. The molecule has 1 saturated heterocycles. The molecule has 17 heavy (non-hydrogen) atoms. The monoisotopic (exact) mass is 268 g/mol. The zero-order valence-electron chi connectivity index (χ0n) is 10.2. The topological polar surface area (TPSA) is 27.0 Å². The second-order valence-corrected chi connectivity index (χ2v) is 7.49. The maximum Gasteiger partial charge on any atom is 0.0962 e. The van der Waals surface area contributed by atoms with Gasteiger partial charge in [-0.2, -0.15) is 5.26 Å². The summed E-state index contributed by atoms with van der Waals surface area (Å²) in [6, 6.07) is 2.28. The maximum atomic E-state index is 8.89. The maximum absolute atomic E-state index is 8.89. The van der Waals surface area contributed by atoms with Crippen LogP contribution in [0.4, 0.5) is 0 Å². The van der Waals surface area contributed by atoms with E-state index in [1.807, 2.05) is 0 Å². The summed E-state index contributed by atoms with van der Waals surface area (Å²) < 4.78 is 0.827. The summed E-state index contributed by atoms with van der Waals surface area (Å²) in [5.74, 6) is 2.69. The Morgan fingerprint density at radius 2 is 2.18 bits per heavy atom. The van der Waals surface area contributed by atoms with E-state index in [1.165, 1.54) is 30.8 Å². The van der Waals surface area contributed by atoms with Gasteiger partial charge in [-0.15, -0.1) is 23.5 Å². The molecule has 2 nitrogen and oxygen atoms in total. The van der Waals surface area contributed by atoms with Crippen LogP contribution in [-0.2, 0) is 0 Å². The Morgan fingerprint density at radius 1 is 1.35 bits per heavy atom. The third kappa shape index (κ3) is 4.48. The number of nitriles is 1. The van der Waals surface area contributed by atoms with E-state index in [0.29, 0.717) is 0 Å². The van der Waals surface area contributed by atoms with Gasteiger partial charge in [0.1, 0.15) is 0 Å². The third-order valence-corrected chi connectivity index (χ3v) is 6.24. The summed E-state index contributed by atoms with van der Waals surface area (Å²) in [6.07, 6.45) is 8.16. The van der Waals surface area contributed by atoms with E-state index in [2.05, 4.69) is 40.7 Å². The highest BCUT2D eigenvalue weighted by Gasteiger charge is 2.15. The van der Waals surface area contributed by atoms with Crippen molar-refractivity contribution >= 4 is 23.5 Å². The largest absolute Gasteiger partial charge is 0.377 e. The lowest BCUT2D eigenvalue weighted by atomic mass is 10.1. The quantitative estimate of drug-likeness (QED) is 0.780. The Bertz CT molecular complexity index is 303. The van der Waals surface area contributed by atoms with Gasteiger partial charge >= 0.3 is 0 Å². The Hall–Kier alpha value is -0.270. The molecule has 2 aliphatic heterocycles. The Labute approximate surface area is 113 Å². The Balaban J connectivity index is 1.66. The zero-order chi connectivity index (χ0) is 11.9. The number of nitrogens with zero attached hydrogens (tertiary/aromatic N) is 2. The van der Waals surface area contributed by atoms with Crippen molar-refractivity contribution < 1.29 is 0 Å². The summed E-state index contributed by atoms with van der Waals surface area (Å²) in [5.41, 5.74) is 0.956. The highest BCUT2D eigenvalue weighted by atomic mass is 32.2. The molecule has 0 aromatic carbocycles. The first-order valence-corrected chi connectivity index (χ1v) is 8.56. The van der Waals surface area contributed by atoms with Gasteiger partial charge in [0.2, 0.25) is 0 Å². The lowest BCUT2D eigenvalue weighted by Gasteiger charge is -2.26. The molecule has 0 bridgehead atoms. The molecule has 0 aromatic rings. The fourth-order valence-electron chi connectivity index (χ4n) is 2.25. The molecule has 0 N–H and O–H groups in total. The minimum atomic E-state index is 0.827. The molecule has 2 aliphatic rings. The highest BCUT2D eigenvalue weighted by Crippen LogP contribution is 2.33. The van der Waals surface area contributed by atoms with Gasteiger partial charge in [0.25, 0.3) is 0 Å². The van der Waals surface area contributed by atoms with Crippen LogP contribution in [0, 0.1) is 11.3 Å². The number of hydrogen-bond acceptors (Lipinski definition) is 4. The molecule has 0 radical (unpaired) electrons. The standard InChI is InChI=1S/C13H20N2S2/c14-10-12-4-1-6-15(11-12)7-2-5-13-16-8-3-9-17-13/h11,13H,1-9H2. The van der Waals surface area contributed by atoms with Crippen molar-refractivity contribution in [1.82, 2.24) is 4.90 Å². The van der Waals surface area contributed by atoms with Crippen LogP contribution in [0.15, 0.2) is 11.8 Å². The van der Waals surface area contributed by atoms with Crippen LogP contribution >= 0.6 is 23.5 Å². The van der Waals surface area contributed by atoms with Crippen molar-refractivity contribution in [2.75, 3.05) is 24.6 Å². The first kappa shape index (κ1) is 13.2. The molecule has 2 rings (SSSR count). The van der Waals surface area contributed by atoms with Gasteiger partial charge in [-0.1, -0.05) is 0 Å². The van der Waals surface area contributed by atoms with Gasteiger partial charge in [0.15, 0.2) is 0 Å². The van der Waals surface area contributed by atoms with Crippen molar-refractivity contribution in [3.63, 3.8) is 0 Å². The van der Waals surface area contributed by atoms with Crippen LogP contribution in [0.2, 0.25) is 0 Å². The average molecular weight is 268 g/mol. The van der Waals surface area contributed by atoms with Crippen molar-refractivity contribution in [2.24, 2.45) is 0 Å². The van der Waals surface area contributed by atoms with Gasteiger partial charge in [0, 0.05) is 24.9 Å². The van der Waals surface area contributed by atoms with Gasteiger partial charge in [-0.25, -0.2) is 0 Å². The van der Waals surface area contributed by atoms with Crippen molar-refractivity contribution in [3.8, 4) is 6.07 Å². The summed E-state index contributed by atoms with van der Waals surface area (Å²) >= 11 is 4.26. The van der Waals surface area contributed by atoms with Crippen LogP contribution in [0.5, 0.6) is 0 Å². The molecule has 0 aromatic heterocycles. The SMILES string of the molecule is N#CC1=CN(CCCC2SCCCS2)CCC1. The predicted octanol–water partition coefficient (Wildman–Crippen LogP) is 3.47. The van der Waals surface area contributed by atoms with E-state index < -0.39 is 0 Å². The van der Waals surface area contributed by atoms with Crippen molar-refractivity contribution in [2.45, 2.75) is 36.7 Å². The predicted molar refractivity (Wildman–Crippen MR) is 77.1 cm³/mol.